The molecule has 0 unspecified atom stereocenters. The second kappa shape index (κ2) is 9.28. The SMILES string of the molecule is COc1cc(C=CC(=O)N2CCN(Cc3nc4ccccc4s3)CC2)cc(OC)c1. The monoisotopic (exact) mass is 423 g/mol. The maximum absolute atomic E-state index is 12.6. The van der Waals surface area contributed by atoms with Gasteiger partial charge in [0.05, 0.1) is 31.0 Å². The number of thiazole rings is 1. The molecule has 4 rings (SSSR count). The van der Waals surface area contributed by atoms with Crippen LogP contribution in [0, 0.1) is 0 Å². The van der Waals surface area contributed by atoms with Crippen LogP contribution in [0.25, 0.3) is 16.3 Å². The Morgan fingerprint density at radius 3 is 2.43 bits per heavy atom. The molecule has 6 nitrogen and oxygen atoms in total. The maximum Gasteiger partial charge on any atom is 0.246 e. The highest BCUT2D eigenvalue weighted by molar-refractivity contribution is 7.18. The Hall–Kier alpha value is -2.90. The summed E-state index contributed by atoms with van der Waals surface area (Å²) < 4.78 is 11.8. The van der Waals surface area contributed by atoms with E-state index in [0.717, 1.165) is 48.8 Å². The molecule has 1 aromatic heterocycles. The van der Waals surface area contributed by atoms with Crippen molar-refractivity contribution < 1.29 is 14.3 Å². The number of nitrogens with zero attached hydrogens (tertiary/aromatic N) is 3. The zero-order valence-electron chi connectivity index (χ0n) is 17.2. The molecule has 7 heteroatoms. The number of fused-ring (bicyclic) bond motifs is 1. The Labute approximate surface area is 180 Å². The summed E-state index contributed by atoms with van der Waals surface area (Å²) in [6.45, 7) is 3.97. The highest BCUT2D eigenvalue weighted by Crippen LogP contribution is 2.24. The van der Waals surface area contributed by atoms with Crippen LogP contribution in [0.4, 0.5) is 0 Å². The van der Waals surface area contributed by atoms with Crippen molar-refractivity contribution in [2.75, 3.05) is 40.4 Å². The van der Waals surface area contributed by atoms with Crippen molar-refractivity contribution in [3.8, 4) is 11.5 Å². The third-order valence-electron chi connectivity index (χ3n) is 5.17. The van der Waals surface area contributed by atoms with Gasteiger partial charge >= 0.3 is 0 Å². The van der Waals surface area contributed by atoms with E-state index < -0.39 is 0 Å². The van der Waals surface area contributed by atoms with Gasteiger partial charge < -0.3 is 14.4 Å². The minimum Gasteiger partial charge on any atom is -0.497 e. The van der Waals surface area contributed by atoms with E-state index in [2.05, 4.69) is 17.0 Å². The lowest BCUT2D eigenvalue weighted by Crippen LogP contribution is -2.47. The molecule has 2 aromatic carbocycles. The number of benzene rings is 2. The van der Waals surface area contributed by atoms with E-state index in [9.17, 15) is 4.79 Å². The molecular weight excluding hydrogens is 398 g/mol. The molecule has 0 radical (unpaired) electrons. The fourth-order valence-electron chi connectivity index (χ4n) is 3.50. The summed E-state index contributed by atoms with van der Waals surface area (Å²) in [7, 11) is 3.22. The van der Waals surface area contributed by atoms with E-state index in [1.807, 2.05) is 35.2 Å². The lowest BCUT2D eigenvalue weighted by Gasteiger charge is -2.33. The summed E-state index contributed by atoms with van der Waals surface area (Å²) in [5, 5.41) is 1.13. The Morgan fingerprint density at radius 1 is 1.07 bits per heavy atom. The molecule has 1 saturated heterocycles. The molecule has 1 amide bonds. The molecule has 156 valence electrons. The van der Waals surface area contributed by atoms with Gasteiger partial charge in [-0.3, -0.25) is 9.69 Å². The summed E-state index contributed by atoms with van der Waals surface area (Å²) >= 11 is 1.74. The summed E-state index contributed by atoms with van der Waals surface area (Å²) in [5.74, 6) is 1.42. The van der Waals surface area contributed by atoms with Crippen LogP contribution in [0.1, 0.15) is 10.6 Å². The fraction of sp³-hybridized carbons (Fsp3) is 0.304. The first-order chi connectivity index (χ1) is 14.6. The lowest BCUT2D eigenvalue weighted by atomic mass is 10.2. The number of hydrogen-bond acceptors (Lipinski definition) is 6. The van der Waals surface area contributed by atoms with E-state index in [1.165, 1.54) is 4.70 Å². The van der Waals surface area contributed by atoms with Gasteiger partial charge in [0, 0.05) is 38.3 Å². The molecule has 0 aliphatic carbocycles. The number of rotatable bonds is 6. The number of amides is 1. The van der Waals surface area contributed by atoms with Crippen molar-refractivity contribution in [2.24, 2.45) is 0 Å². The van der Waals surface area contributed by atoms with Crippen LogP contribution in [0.3, 0.4) is 0 Å². The smallest absolute Gasteiger partial charge is 0.246 e. The number of aromatic nitrogens is 1. The molecule has 1 aliphatic heterocycles. The Kier molecular flexibility index (Phi) is 6.30. The van der Waals surface area contributed by atoms with E-state index in [1.54, 1.807) is 37.7 Å². The molecule has 2 heterocycles. The molecule has 0 bridgehead atoms. The van der Waals surface area contributed by atoms with Crippen molar-refractivity contribution in [3.63, 3.8) is 0 Å². The molecule has 3 aromatic rings. The normalized spacial score (nSPS) is 15.1. The second-order valence-electron chi connectivity index (χ2n) is 7.16. The van der Waals surface area contributed by atoms with E-state index in [4.69, 9.17) is 14.5 Å². The zero-order chi connectivity index (χ0) is 20.9. The molecular formula is C23H25N3O3S. The highest BCUT2D eigenvalue weighted by Gasteiger charge is 2.20. The van der Waals surface area contributed by atoms with Crippen LogP contribution in [0.5, 0.6) is 11.5 Å². The minimum atomic E-state index is 0.0245. The van der Waals surface area contributed by atoms with Crippen molar-refractivity contribution in [2.45, 2.75) is 6.54 Å². The van der Waals surface area contributed by atoms with Gasteiger partial charge in [-0.2, -0.15) is 0 Å². The topological polar surface area (TPSA) is 54.9 Å². The van der Waals surface area contributed by atoms with Crippen molar-refractivity contribution in [3.05, 3.63) is 59.1 Å². The number of ether oxygens (including phenoxy) is 2. The summed E-state index contributed by atoms with van der Waals surface area (Å²) in [6.07, 6.45) is 3.43. The predicted molar refractivity (Wildman–Crippen MR) is 120 cm³/mol. The Bertz CT molecular complexity index is 1000. The van der Waals surface area contributed by atoms with Gasteiger partial charge in [-0.05, 0) is 35.9 Å². The number of carbonyl (C=O) groups excluding carboxylic acids is 1. The van der Waals surface area contributed by atoms with Gasteiger partial charge in [-0.25, -0.2) is 4.98 Å². The third kappa shape index (κ3) is 4.80. The predicted octanol–water partition coefficient (Wildman–Crippen LogP) is 3.67. The zero-order valence-corrected chi connectivity index (χ0v) is 18.0. The summed E-state index contributed by atoms with van der Waals surface area (Å²) in [5.41, 5.74) is 1.93. The summed E-state index contributed by atoms with van der Waals surface area (Å²) in [4.78, 5) is 21.6. The van der Waals surface area contributed by atoms with Crippen molar-refractivity contribution >= 4 is 33.5 Å². The van der Waals surface area contributed by atoms with E-state index in [-0.39, 0.29) is 5.91 Å². The number of hydrogen-bond donors (Lipinski definition) is 0. The van der Waals surface area contributed by atoms with Crippen LogP contribution in [0.15, 0.2) is 48.5 Å². The maximum atomic E-state index is 12.6. The van der Waals surface area contributed by atoms with Crippen LogP contribution in [-0.2, 0) is 11.3 Å². The average Bonchev–Trinajstić information content (AvgIpc) is 3.20. The van der Waals surface area contributed by atoms with Gasteiger partial charge in [0.1, 0.15) is 16.5 Å². The first-order valence-electron chi connectivity index (χ1n) is 9.91. The molecule has 1 aliphatic rings. The number of methoxy groups -OCH3 is 2. The quantitative estimate of drug-likeness (QED) is 0.566. The molecule has 0 atom stereocenters. The molecule has 0 N–H and O–H groups in total. The van der Waals surface area contributed by atoms with Gasteiger partial charge in [0.2, 0.25) is 5.91 Å². The van der Waals surface area contributed by atoms with Gasteiger partial charge in [0.25, 0.3) is 0 Å². The molecule has 0 saturated carbocycles. The van der Waals surface area contributed by atoms with Gasteiger partial charge in [-0.15, -0.1) is 11.3 Å². The number of carbonyl (C=O) groups is 1. The molecule has 30 heavy (non-hydrogen) atoms. The lowest BCUT2D eigenvalue weighted by molar-refractivity contribution is -0.127. The number of piperazine rings is 1. The first kappa shape index (κ1) is 20.4. The molecule has 1 fully saturated rings. The Balaban J connectivity index is 1.32. The van der Waals surface area contributed by atoms with Crippen molar-refractivity contribution in [1.29, 1.82) is 0 Å². The standard InChI is InChI=1S/C23H25N3O3S/c1-28-18-13-17(14-19(15-18)29-2)7-8-23(27)26-11-9-25(10-12-26)16-22-24-20-5-3-4-6-21(20)30-22/h3-8,13-15H,9-12,16H2,1-2H3. The first-order valence-corrected chi connectivity index (χ1v) is 10.7. The Morgan fingerprint density at radius 2 is 1.77 bits per heavy atom. The van der Waals surface area contributed by atoms with E-state index in [0.29, 0.717) is 11.5 Å². The summed E-state index contributed by atoms with van der Waals surface area (Å²) in [6, 6.07) is 13.8. The average molecular weight is 424 g/mol. The largest absolute Gasteiger partial charge is 0.497 e. The van der Waals surface area contributed by atoms with Gasteiger partial charge in [-0.1, -0.05) is 12.1 Å². The van der Waals surface area contributed by atoms with Crippen LogP contribution >= 0.6 is 11.3 Å². The van der Waals surface area contributed by atoms with Crippen LogP contribution in [0.2, 0.25) is 0 Å². The highest BCUT2D eigenvalue weighted by atomic mass is 32.1. The van der Waals surface area contributed by atoms with Gasteiger partial charge in [0.15, 0.2) is 0 Å². The van der Waals surface area contributed by atoms with E-state index >= 15 is 0 Å². The number of para-hydroxylation sites is 1. The van der Waals surface area contributed by atoms with Crippen LogP contribution in [-0.4, -0.2) is 61.1 Å². The van der Waals surface area contributed by atoms with Crippen LogP contribution < -0.4 is 9.47 Å². The second-order valence-corrected chi connectivity index (χ2v) is 8.27. The molecule has 0 spiro atoms. The van der Waals surface area contributed by atoms with Crippen molar-refractivity contribution in [1.82, 2.24) is 14.8 Å². The minimum absolute atomic E-state index is 0.0245. The fourth-order valence-corrected chi connectivity index (χ4v) is 4.51. The third-order valence-corrected chi connectivity index (χ3v) is 6.19.